The Labute approximate surface area is 102 Å². The van der Waals surface area contributed by atoms with E-state index in [1.165, 1.54) is 11.3 Å². The molecule has 1 amide bonds. The third-order valence-electron chi connectivity index (χ3n) is 1.98. The summed E-state index contributed by atoms with van der Waals surface area (Å²) >= 11 is 7.40. The van der Waals surface area contributed by atoms with E-state index in [1.807, 2.05) is 30.3 Å². The fourth-order valence-corrected chi connectivity index (χ4v) is 1.96. The second-order valence-corrected chi connectivity index (χ2v) is 4.43. The summed E-state index contributed by atoms with van der Waals surface area (Å²) in [6.45, 7) is 0. The molecule has 3 nitrogen and oxygen atoms in total. The van der Waals surface area contributed by atoms with E-state index in [2.05, 4.69) is 10.3 Å². The molecule has 0 saturated heterocycles. The number of nitrogens with zero attached hydrogens (tertiary/aromatic N) is 1. The molecule has 0 saturated carbocycles. The summed E-state index contributed by atoms with van der Waals surface area (Å²) in [5.41, 5.74) is 0.776. The van der Waals surface area contributed by atoms with Crippen molar-refractivity contribution in [1.29, 1.82) is 0 Å². The normalized spacial score (nSPS) is 12.1. The van der Waals surface area contributed by atoms with Crippen molar-refractivity contribution in [3.05, 3.63) is 47.5 Å². The molecular formula is C11H9ClN2OS. The van der Waals surface area contributed by atoms with Crippen LogP contribution in [0.4, 0.5) is 5.13 Å². The Kier molecular flexibility index (Phi) is 3.54. The van der Waals surface area contributed by atoms with Gasteiger partial charge in [-0.3, -0.25) is 4.79 Å². The van der Waals surface area contributed by atoms with Crippen LogP contribution in [0.15, 0.2) is 41.9 Å². The van der Waals surface area contributed by atoms with Crippen LogP contribution < -0.4 is 5.32 Å². The molecule has 2 aromatic rings. The largest absolute Gasteiger partial charge is 0.300 e. The lowest BCUT2D eigenvalue weighted by molar-refractivity contribution is -0.116. The number of hydrogen-bond donors (Lipinski definition) is 1. The van der Waals surface area contributed by atoms with Gasteiger partial charge in [-0.15, -0.1) is 22.9 Å². The molecular weight excluding hydrogens is 244 g/mol. The first-order valence-electron chi connectivity index (χ1n) is 4.67. The first-order chi connectivity index (χ1) is 7.77. The highest BCUT2D eigenvalue weighted by Gasteiger charge is 2.17. The topological polar surface area (TPSA) is 42.0 Å². The van der Waals surface area contributed by atoms with E-state index < -0.39 is 5.38 Å². The van der Waals surface area contributed by atoms with Gasteiger partial charge in [-0.25, -0.2) is 4.98 Å². The van der Waals surface area contributed by atoms with E-state index in [4.69, 9.17) is 11.6 Å². The van der Waals surface area contributed by atoms with Gasteiger partial charge in [0, 0.05) is 11.6 Å². The second-order valence-electron chi connectivity index (χ2n) is 3.10. The predicted molar refractivity (Wildman–Crippen MR) is 65.8 cm³/mol. The lowest BCUT2D eigenvalue weighted by atomic mass is 10.1. The molecule has 1 heterocycles. The highest BCUT2D eigenvalue weighted by molar-refractivity contribution is 7.13. The van der Waals surface area contributed by atoms with Gasteiger partial charge < -0.3 is 5.32 Å². The molecule has 0 aliphatic heterocycles. The van der Waals surface area contributed by atoms with Crippen molar-refractivity contribution in [2.75, 3.05) is 5.32 Å². The number of aromatic nitrogens is 1. The summed E-state index contributed by atoms with van der Waals surface area (Å²) in [6.07, 6.45) is 1.63. The average molecular weight is 253 g/mol. The van der Waals surface area contributed by atoms with Gasteiger partial charge in [0.05, 0.1) is 0 Å². The van der Waals surface area contributed by atoms with E-state index in [0.717, 1.165) is 5.56 Å². The van der Waals surface area contributed by atoms with Crippen LogP contribution in [-0.2, 0) is 4.79 Å². The molecule has 1 aromatic carbocycles. The summed E-state index contributed by atoms with van der Waals surface area (Å²) in [5.74, 6) is -0.261. The Hall–Kier alpha value is -1.39. The van der Waals surface area contributed by atoms with E-state index >= 15 is 0 Å². The molecule has 1 atom stereocenters. The average Bonchev–Trinajstić information content (AvgIpc) is 2.82. The van der Waals surface area contributed by atoms with E-state index in [0.29, 0.717) is 5.13 Å². The van der Waals surface area contributed by atoms with Crippen LogP contribution in [0.2, 0.25) is 0 Å². The van der Waals surface area contributed by atoms with Gasteiger partial charge in [0.1, 0.15) is 5.38 Å². The Morgan fingerprint density at radius 2 is 2.12 bits per heavy atom. The minimum atomic E-state index is -0.690. The maximum Gasteiger partial charge on any atom is 0.248 e. The van der Waals surface area contributed by atoms with Gasteiger partial charge in [-0.05, 0) is 5.56 Å². The summed E-state index contributed by atoms with van der Waals surface area (Å²) in [4.78, 5) is 15.7. The molecule has 5 heteroatoms. The second kappa shape index (κ2) is 5.09. The van der Waals surface area contributed by atoms with Gasteiger partial charge in [-0.2, -0.15) is 0 Å². The first kappa shape index (κ1) is 11.1. The molecule has 0 fully saturated rings. The predicted octanol–water partition coefficient (Wildman–Crippen LogP) is 3.06. The molecule has 1 aromatic heterocycles. The molecule has 82 valence electrons. The molecule has 1 N–H and O–H groups in total. The lowest BCUT2D eigenvalue weighted by Crippen LogP contribution is -2.17. The number of benzene rings is 1. The number of halogens is 1. The SMILES string of the molecule is O=C(Nc1nccs1)C(Cl)c1ccccc1. The third kappa shape index (κ3) is 2.59. The highest BCUT2D eigenvalue weighted by atomic mass is 35.5. The van der Waals surface area contributed by atoms with Crippen LogP contribution in [0, 0.1) is 0 Å². The monoisotopic (exact) mass is 252 g/mol. The first-order valence-corrected chi connectivity index (χ1v) is 5.98. The van der Waals surface area contributed by atoms with Crippen molar-refractivity contribution in [2.24, 2.45) is 0 Å². The molecule has 0 spiro atoms. The van der Waals surface area contributed by atoms with Crippen LogP contribution in [0.1, 0.15) is 10.9 Å². The molecule has 0 aliphatic rings. The van der Waals surface area contributed by atoms with Crippen molar-refractivity contribution in [2.45, 2.75) is 5.38 Å². The van der Waals surface area contributed by atoms with Gasteiger partial charge in [0.2, 0.25) is 5.91 Å². The van der Waals surface area contributed by atoms with Gasteiger partial charge in [0.25, 0.3) is 0 Å². The van der Waals surface area contributed by atoms with Crippen molar-refractivity contribution in [1.82, 2.24) is 4.98 Å². The maximum atomic E-state index is 11.7. The van der Waals surface area contributed by atoms with Gasteiger partial charge in [0.15, 0.2) is 5.13 Å². The molecule has 0 aliphatic carbocycles. The Morgan fingerprint density at radius 1 is 1.38 bits per heavy atom. The van der Waals surface area contributed by atoms with Crippen molar-refractivity contribution in [3.8, 4) is 0 Å². The third-order valence-corrected chi connectivity index (χ3v) is 3.12. The van der Waals surface area contributed by atoms with Crippen LogP contribution in [-0.4, -0.2) is 10.9 Å². The van der Waals surface area contributed by atoms with Crippen LogP contribution in [0.3, 0.4) is 0 Å². The van der Waals surface area contributed by atoms with Gasteiger partial charge in [-0.1, -0.05) is 30.3 Å². The number of hydrogen-bond acceptors (Lipinski definition) is 3. The zero-order valence-electron chi connectivity index (χ0n) is 8.26. The van der Waals surface area contributed by atoms with Crippen LogP contribution >= 0.6 is 22.9 Å². The zero-order chi connectivity index (χ0) is 11.4. The van der Waals surface area contributed by atoms with Crippen molar-refractivity contribution in [3.63, 3.8) is 0 Å². The summed E-state index contributed by atoms with van der Waals surface area (Å²) in [5, 5.41) is 4.32. The van der Waals surface area contributed by atoms with Crippen molar-refractivity contribution >= 4 is 34.0 Å². The Balaban J connectivity index is 2.05. The molecule has 1 unspecified atom stereocenters. The minimum absolute atomic E-state index is 0.261. The molecule has 0 bridgehead atoms. The Bertz CT molecular complexity index is 458. The number of thiazole rings is 1. The Morgan fingerprint density at radius 3 is 2.75 bits per heavy atom. The molecule has 16 heavy (non-hydrogen) atoms. The smallest absolute Gasteiger partial charge is 0.248 e. The van der Waals surface area contributed by atoms with E-state index in [1.54, 1.807) is 11.6 Å². The number of rotatable bonds is 3. The fraction of sp³-hybridized carbons (Fsp3) is 0.0909. The van der Waals surface area contributed by atoms with E-state index in [9.17, 15) is 4.79 Å². The summed E-state index contributed by atoms with van der Waals surface area (Å²) in [7, 11) is 0. The van der Waals surface area contributed by atoms with Gasteiger partial charge >= 0.3 is 0 Å². The standard InChI is InChI=1S/C11H9ClN2OS/c12-9(8-4-2-1-3-5-8)10(15)14-11-13-6-7-16-11/h1-7,9H,(H,13,14,15). The lowest BCUT2D eigenvalue weighted by Gasteiger charge is -2.08. The van der Waals surface area contributed by atoms with E-state index in [-0.39, 0.29) is 5.91 Å². The quantitative estimate of drug-likeness (QED) is 0.853. The fourth-order valence-electron chi connectivity index (χ4n) is 1.23. The number of anilines is 1. The highest BCUT2D eigenvalue weighted by Crippen LogP contribution is 2.22. The van der Waals surface area contributed by atoms with Crippen LogP contribution in [0.5, 0.6) is 0 Å². The summed E-state index contributed by atoms with van der Waals surface area (Å²) in [6, 6.07) is 9.22. The molecule has 2 rings (SSSR count). The van der Waals surface area contributed by atoms with Crippen molar-refractivity contribution < 1.29 is 4.79 Å². The number of amides is 1. The number of carbonyl (C=O) groups excluding carboxylic acids is 1. The number of alkyl halides is 1. The zero-order valence-corrected chi connectivity index (χ0v) is 9.83. The molecule has 0 radical (unpaired) electrons. The van der Waals surface area contributed by atoms with Crippen LogP contribution in [0.25, 0.3) is 0 Å². The number of carbonyl (C=O) groups is 1. The minimum Gasteiger partial charge on any atom is -0.300 e. The number of nitrogens with one attached hydrogen (secondary N) is 1. The summed E-state index contributed by atoms with van der Waals surface area (Å²) < 4.78 is 0. The maximum absolute atomic E-state index is 11.7.